The topological polar surface area (TPSA) is 23.8 Å². The molecule has 31 heavy (non-hydrogen) atoms. The molecule has 1 aliphatic carbocycles. The van der Waals surface area contributed by atoms with E-state index in [9.17, 15) is 8.78 Å². The van der Waals surface area contributed by atoms with Gasteiger partial charge in [-0.25, -0.2) is 8.78 Å². The molecule has 1 aromatic rings. The van der Waals surface area contributed by atoms with Crippen LogP contribution in [0.1, 0.15) is 95.1 Å². The first-order valence-corrected chi connectivity index (χ1v) is 15.4. The zero-order valence-electron chi connectivity index (χ0n) is 19.5. The monoisotopic (exact) mass is 445 g/mol. The van der Waals surface area contributed by atoms with E-state index in [-0.39, 0.29) is 8.80 Å². The Morgan fingerprint density at radius 2 is 1.55 bits per heavy atom. The van der Waals surface area contributed by atoms with Crippen LogP contribution in [0.4, 0.5) is 8.78 Å². The van der Waals surface area contributed by atoms with E-state index in [1.807, 2.05) is 0 Å². The fraction of sp³-hybridized carbons (Fsp3) is 0.741. The molecule has 0 bridgehead atoms. The molecule has 172 valence electrons. The van der Waals surface area contributed by atoms with E-state index in [4.69, 9.17) is 5.26 Å². The highest BCUT2D eigenvalue weighted by atomic mass is 28.3. The van der Waals surface area contributed by atoms with Gasteiger partial charge < -0.3 is 0 Å². The number of nitriles is 1. The second-order valence-corrected chi connectivity index (χ2v) is 13.8. The molecule has 2 aliphatic rings. The van der Waals surface area contributed by atoms with E-state index in [1.165, 1.54) is 76.3 Å². The molecule has 4 heteroatoms. The van der Waals surface area contributed by atoms with Crippen molar-refractivity contribution in [3.8, 4) is 6.07 Å². The Labute approximate surface area is 190 Å². The molecule has 1 saturated heterocycles. The average molecular weight is 446 g/mol. The Morgan fingerprint density at radius 3 is 2.16 bits per heavy atom. The van der Waals surface area contributed by atoms with Gasteiger partial charge in [-0.05, 0) is 61.1 Å². The lowest BCUT2D eigenvalue weighted by atomic mass is 9.73. The lowest BCUT2D eigenvalue weighted by molar-refractivity contribution is 0.184. The van der Waals surface area contributed by atoms with E-state index in [0.717, 1.165) is 30.6 Å². The molecule has 3 rings (SSSR count). The van der Waals surface area contributed by atoms with Gasteiger partial charge in [0.05, 0.1) is 0 Å². The fourth-order valence-electron chi connectivity index (χ4n) is 6.22. The van der Waals surface area contributed by atoms with Gasteiger partial charge in [-0.3, -0.25) is 0 Å². The molecule has 0 amide bonds. The number of aryl methyl sites for hydroxylation is 1. The molecule has 1 aromatic carbocycles. The van der Waals surface area contributed by atoms with Crippen molar-refractivity contribution in [2.75, 3.05) is 0 Å². The first kappa shape index (κ1) is 24.4. The summed E-state index contributed by atoms with van der Waals surface area (Å²) in [5.41, 5.74) is 0.208. The minimum Gasteiger partial charge on any atom is -0.205 e. The minimum absolute atomic E-state index is 0.383. The number of hydrogen-bond acceptors (Lipinski definition) is 1. The van der Waals surface area contributed by atoms with Crippen molar-refractivity contribution in [1.29, 1.82) is 5.26 Å². The molecule has 0 aromatic heterocycles. The summed E-state index contributed by atoms with van der Waals surface area (Å²) in [7, 11) is -0.383. The maximum Gasteiger partial charge on any atom is 0.144 e. The third kappa shape index (κ3) is 7.41. The summed E-state index contributed by atoms with van der Waals surface area (Å²) in [6, 6.07) is 9.09. The van der Waals surface area contributed by atoms with Crippen LogP contribution >= 0.6 is 0 Å². The molecule has 0 unspecified atom stereocenters. The Kier molecular flexibility index (Phi) is 10.0. The molecule has 1 nitrogen and oxygen atoms in total. The van der Waals surface area contributed by atoms with Crippen molar-refractivity contribution in [2.45, 2.75) is 109 Å². The zero-order chi connectivity index (χ0) is 22.1. The molecule has 0 atom stereocenters. The fourth-order valence-corrected chi connectivity index (χ4v) is 9.75. The van der Waals surface area contributed by atoms with E-state index >= 15 is 0 Å². The van der Waals surface area contributed by atoms with Gasteiger partial charge >= 0.3 is 0 Å². The standard InChI is InChI=1S/C27H41F2NSi/c1-2-3-6-15-31-16-13-24(14-17-31)23-11-9-21(10-12-23)7-4-5-8-22-18-26(28)25(20-30)27(29)19-22/h18-19,21,23-24,31H,2-17H2,1H3/t21-,23-,24-,31-. The van der Waals surface area contributed by atoms with Gasteiger partial charge in [0.2, 0.25) is 0 Å². The Morgan fingerprint density at radius 1 is 0.903 bits per heavy atom. The summed E-state index contributed by atoms with van der Waals surface area (Å²) in [6.45, 7) is 2.31. The highest BCUT2D eigenvalue weighted by molar-refractivity contribution is 6.58. The molecule has 0 radical (unpaired) electrons. The van der Waals surface area contributed by atoms with Gasteiger partial charge in [0.25, 0.3) is 0 Å². The second-order valence-electron chi connectivity index (χ2n) is 10.3. The van der Waals surface area contributed by atoms with E-state index < -0.39 is 17.2 Å². The molecule has 1 heterocycles. The highest BCUT2D eigenvalue weighted by Crippen LogP contribution is 2.42. The molecular weight excluding hydrogens is 404 g/mol. The smallest absolute Gasteiger partial charge is 0.144 e. The second kappa shape index (κ2) is 12.7. The third-order valence-corrected chi connectivity index (χ3v) is 11.7. The summed E-state index contributed by atoms with van der Waals surface area (Å²) in [6.07, 6.45) is 17.1. The summed E-state index contributed by atoms with van der Waals surface area (Å²) >= 11 is 0. The first-order chi connectivity index (χ1) is 15.1. The van der Waals surface area contributed by atoms with Crippen LogP contribution in [0, 0.1) is 40.7 Å². The van der Waals surface area contributed by atoms with Gasteiger partial charge in [0.15, 0.2) is 0 Å². The summed E-state index contributed by atoms with van der Waals surface area (Å²) in [5.74, 6) is 1.41. The van der Waals surface area contributed by atoms with E-state index in [2.05, 4.69) is 6.92 Å². The Balaban J connectivity index is 1.29. The van der Waals surface area contributed by atoms with Crippen molar-refractivity contribution in [3.63, 3.8) is 0 Å². The minimum atomic E-state index is -0.728. The van der Waals surface area contributed by atoms with Crippen molar-refractivity contribution >= 4 is 8.80 Å². The van der Waals surface area contributed by atoms with Crippen LogP contribution in [-0.2, 0) is 6.42 Å². The quantitative estimate of drug-likeness (QED) is 0.263. The van der Waals surface area contributed by atoms with Gasteiger partial charge in [-0.2, -0.15) is 5.26 Å². The van der Waals surface area contributed by atoms with Gasteiger partial charge in [-0.1, -0.05) is 82.8 Å². The van der Waals surface area contributed by atoms with Crippen LogP contribution in [0.5, 0.6) is 0 Å². The van der Waals surface area contributed by atoms with Gasteiger partial charge in [-0.15, -0.1) is 0 Å². The molecule has 1 saturated carbocycles. The SMILES string of the molecule is CCCCC[Si@H]1CC[C@H]([C@H]2CC[C@H](CCCCc3cc(F)c(C#N)c(F)c3)CC2)CC1. The van der Waals surface area contributed by atoms with Crippen LogP contribution in [0.2, 0.25) is 18.1 Å². The predicted molar refractivity (Wildman–Crippen MR) is 128 cm³/mol. The largest absolute Gasteiger partial charge is 0.205 e. The number of rotatable bonds is 10. The van der Waals surface area contributed by atoms with E-state index in [0.29, 0.717) is 12.0 Å². The van der Waals surface area contributed by atoms with Crippen LogP contribution < -0.4 is 0 Å². The Hall–Kier alpha value is -1.21. The number of hydrogen-bond donors (Lipinski definition) is 0. The van der Waals surface area contributed by atoms with Crippen LogP contribution in [0.25, 0.3) is 0 Å². The van der Waals surface area contributed by atoms with Crippen molar-refractivity contribution in [1.82, 2.24) is 0 Å². The lowest BCUT2D eigenvalue weighted by Crippen LogP contribution is -2.28. The van der Waals surface area contributed by atoms with Gasteiger partial charge in [0, 0.05) is 8.80 Å². The van der Waals surface area contributed by atoms with Crippen molar-refractivity contribution in [3.05, 3.63) is 34.9 Å². The summed E-state index contributed by atoms with van der Waals surface area (Å²) < 4.78 is 27.5. The average Bonchev–Trinajstić information content (AvgIpc) is 2.78. The van der Waals surface area contributed by atoms with Crippen LogP contribution in [0.3, 0.4) is 0 Å². The van der Waals surface area contributed by atoms with Crippen LogP contribution in [-0.4, -0.2) is 8.80 Å². The van der Waals surface area contributed by atoms with Crippen molar-refractivity contribution < 1.29 is 8.78 Å². The first-order valence-electron chi connectivity index (χ1n) is 13.0. The van der Waals surface area contributed by atoms with E-state index in [1.54, 1.807) is 24.2 Å². The number of unbranched alkanes of at least 4 members (excludes halogenated alkanes) is 3. The van der Waals surface area contributed by atoms with Gasteiger partial charge in [0.1, 0.15) is 23.3 Å². The maximum atomic E-state index is 13.7. The molecular formula is C27H41F2NSi. The maximum absolute atomic E-state index is 13.7. The lowest BCUT2D eigenvalue weighted by Gasteiger charge is -2.37. The third-order valence-electron chi connectivity index (χ3n) is 8.21. The van der Waals surface area contributed by atoms with Crippen LogP contribution in [0.15, 0.2) is 12.1 Å². The molecule has 1 aliphatic heterocycles. The molecule has 2 fully saturated rings. The number of nitrogens with zero attached hydrogens (tertiary/aromatic N) is 1. The number of halogens is 2. The Bertz CT molecular complexity index is 689. The summed E-state index contributed by atoms with van der Waals surface area (Å²) in [5, 5.41) is 8.77. The molecule has 0 N–H and O–H groups in total. The molecule has 0 spiro atoms. The number of benzene rings is 1. The predicted octanol–water partition coefficient (Wildman–Crippen LogP) is 8.18. The zero-order valence-corrected chi connectivity index (χ0v) is 20.6. The normalized spacial score (nSPS) is 26.5. The summed E-state index contributed by atoms with van der Waals surface area (Å²) in [4.78, 5) is 0. The van der Waals surface area contributed by atoms with Crippen molar-refractivity contribution in [2.24, 2.45) is 17.8 Å². The highest BCUT2D eigenvalue weighted by Gasteiger charge is 2.30.